The van der Waals surface area contributed by atoms with Crippen LogP contribution in [0.3, 0.4) is 0 Å². The second-order valence-electron chi connectivity index (χ2n) is 4.01. The van der Waals surface area contributed by atoms with E-state index in [1.165, 1.54) is 0 Å². The molecule has 17 heavy (non-hydrogen) atoms. The van der Waals surface area contributed by atoms with Crippen LogP contribution in [-0.2, 0) is 4.74 Å². The number of esters is 1. The quantitative estimate of drug-likeness (QED) is 0.766. The van der Waals surface area contributed by atoms with Crippen LogP contribution in [-0.4, -0.2) is 17.6 Å². The summed E-state index contributed by atoms with van der Waals surface area (Å²) >= 11 is 1.55. The second-order valence-corrected chi connectivity index (χ2v) is 5.22. The predicted molar refractivity (Wildman–Crippen MR) is 69.8 cm³/mol. The Hall–Kier alpha value is -1.42. The fraction of sp³-hybridized carbons (Fsp3) is 0.385. The third-order valence-corrected chi connectivity index (χ3v) is 3.64. The monoisotopic (exact) mass is 249 g/mol. The lowest BCUT2D eigenvalue weighted by Crippen LogP contribution is -2.05. The highest BCUT2D eigenvalue weighted by atomic mass is 32.1. The van der Waals surface area contributed by atoms with Gasteiger partial charge in [0.2, 0.25) is 0 Å². The maximum atomic E-state index is 11.9. The van der Waals surface area contributed by atoms with Crippen molar-refractivity contribution in [2.45, 2.75) is 27.7 Å². The standard InChI is InChI=1S/C13H15NO2S/c1-5-16-13(15)11-9(4)17-12-10(11)7(2)6-8(3)14-12/h6H,5H2,1-4H3. The van der Waals surface area contributed by atoms with Gasteiger partial charge in [0.25, 0.3) is 0 Å². The Labute approximate surface area is 104 Å². The molecule has 2 aromatic rings. The summed E-state index contributed by atoms with van der Waals surface area (Å²) in [5, 5.41) is 0.941. The van der Waals surface area contributed by atoms with E-state index >= 15 is 0 Å². The molecule has 4 heteroatoms. The highest BCUT2D eigenvalue weighted by Gasteiger charge is 2.19. The molecule has 0 N–H and O–H groups in total. The molecule has 0 amide bonds. The smallest absolute Gasteiger partial charge is 0.339 e. The number of fused-ring (bicyclic) bond motifs is 1. The van der Waals surface area contributed by atoms with Gasteiger partial charge in [-0.1, -0.05) is 0 Å². The first kappa shape index (κ1) is 12.0. The average molecular weight is 249 g/mol. The normalized spacial score (nSPS) is 10.8. The van der Waals surface area contributed by atoms with Crippen LogP contribution in [0, 0.1) is 20.8 Å². The molecule has 2 heterocycles. The van der Waals surface area contributed by atoms with Gasteiger partial charge in [-0.05, 0) is 39.3 Å². The summed E-state index contributed by atoms with van der Waals surface area (Å²) in [6.07, 6.45) is 0. The number of hydrogen-bond donors (Lipinski definition) is 0. The number of carbonyl (C=O) groups is 1. The molecule has 0 fully saturated rings. The van der Waals surface area contributed by atoms with Crippen LogP contribution in [0.25, 0.3) is 10.2 Å². The highest BCUT2D eigenvalue weighted by Crippen LogP contribution is 2.32. The van der Waals surface area contributed by atoms with Crippen LogP contribution >= 0.6 is 11.3 Å². The zero-order chi connectivity index (χ0) is 12.6. The number of ether oxygens (including phenoxy) is 1. The van der Waals surface area contributed by atoms with Gasteiger partial charge in [0.05, 0.1) is 12.2 Å². The zero-order valence-electron chi connectivity index (χ0n) is 10.5. The van der Waals surface area contributed by atoms with Crippen LogP contribution in [0.15, 0.2) is 6.07 Å². The molecule has 0 bridgehead atoms. The number of thiophene rings is 1. The van der Waals surface area contributed by atoms with Crippen molar-refractivity contribution in [2.24, 2.45) is 0 Å². The van der Waals surface area contributed by atoms with Gasteiger partial charge < -0.3 is 4.74 Å². The third-order valence-electron chi connectivity index (χ3n) is 2.64. The summed E-state index contributed by atoms with van der Waals surface area (Å²) in [6, 6.07) is 2.00. The lowest BCUT2D eigenvalue weighted by molar-refractivity contribution is 0.0528. The molecule has 0 aliphatic heterocycles. The van der Waals surface area contributed by atoms with E-state index in [2.05, 4.69) is 4.98 Å². The van der Waals surface area contributed by atoms with Gasteiger partial charge in [0.15, 0.2) is 0 Å². The number of aromatic nitrogens is 1. The molecule has 2 rings (SSSR count). The van der Waals surface area contributed by atoms with Crippen molar-refractivity contribution >= 4 is 27.5 Å². The topological polar surface area (TPSA) is 39.2 Å². The molecule has 0 aliphatic carbocycles. The van der Waals surface area contributed by atoms with Gasteiger partial charge in [-0.25, -0.2) is 9.78 Å². The van der Waals surface area contributed by atoms with E-state index in [0.717, 1.165) is 26.4 Å². The van der Waals surface area contributed by atoms with E-state index in [0.29, 0.717) is 12.2 Å². The zero-order valence-corrected chi connectivity index (χ0v) is 11.3. The number of hydrogen-bond acceptors (Lipinski definition) is 4. The average Bonchev–Trinajstić information content (AvgIpc) is 2.54. The van der Waals surface area contributed by atoms with Crippen molar-refractivity contribution in [1.29, 1.82) is 0 Å². The molecule has 0 aliphatic rings. The van der Waals surface area contributed by atoms with Crippen molar-refractivity contribution in [3.05, 3.63) is 27.8 Å². The van der Waals surface area contributed by atoms with Gasteiger partial charge in [-0.2, -0.15) is 0 Å². The number of pyridine rings is 1. The number of nitrogens with zero attached hydrogens (tertiary/aromatic N) is 1. The maximum absolute atomic E-state index is 11.9. The molecule has 3 nitrogen and oxygen atoms in total. The lowest BCUT2D eigenvalue weighted by Gasteiger charge is -2.04. The molecular formula is C13H15NO2S. The first-order valence-corrected chi connectivity index (χ1v) is 6.40. The van der Waals surface area contributed by atoms with E-state index in [1.807, 2.05) is 33.8 Å². The summed E-state index contributed by atoms with van der Waals surface area (Å²) in [4.78, 5) is 18.3. The SMILES string of the molecule is CCOC(=O)c1c(C)sc2nc(C)cc(C)c12. The molecule has 0 unspecified atom stereocenters. The minimum Gasteiger partial charge on any atom is -0.462 e. The summed E-state index contributed by atoms with van der Waals surface area (Å²) in [5.41, 5.74) is 2.74. The molecule has 90 valence electrons. The fourth-order valence-electron chi connectivity index (χ4n) is 2.00. The predicted octanol–water partition coefficient (Wildman–Crippen LogP) is 3.40. The Morgan fingerprint density at radius 3 is 2.76 bits per heavy atom. The van der Waals surface area contributed by atoms with Crippen LogP contribution < -0.4 is 0 Å². The third kappa shape index (κ3) is 2.05. The van der Waals surface area contributed by atoms with Crippen molar-refractivity contribution in [1.82, 2.24) is 4.98 Å². The van der Waals surface area contributed by atoms with Crippen molar-refractivity contribution in [3.63, 3.8) is 0 Å². The Bertz CT molecular complexity index is 587. The van der Waals surface area contributed by atoms with Crippen molar-refractivity contribution < 1.29 is 9.53 Å². The Kier molecular flexibility index (Phi) is 3.15. The van der Waals surface area contributed by atoms with Crippen molar-refractivity contribution in [2.75, 3.05) is 6.61 Å². The largest absolute Gasteiger partial charge is 0.462 e. The summed E-state index contributed by atoms with van der Waals surface area (Å²) in [6.45, 7) is 8.12. The van der Waals surface area contributed by atoms with E-state index in [9.17, 15) is 4.79 Å². The Morgan fingerprint density at radius 1 is 1.41 bits per heavy atom. The van der Waals surface area contributed by atoms with E-state index in [-0.39, 0.29) is 5.97 Å². The van der Waals surface area contributed by atoms with E-state index in [1.54, 1.807) is 11.3 Å². The number of rotatable bonds is 2. The van der Waals surface area contributed by atoms with Gasteiger partial charge >= 0.3 is 5.97 Å². The number of aryl methyl sites for hydroxylation is 3. The molecule has 0 radical (unpaired) electrons. The van der Waals surface area contributed by atoms with Gasteiger partial charge in [-0.15, -0.1) is 11.3 Å². The molecule has 0 atom stereocenters. The van der Waals surface area contributed by atoms with E-state index < -0.39 is 0 Å². The molecular weight excluding hydrogens is 234 g/mol. The Morgan fingerprint density at radius 2 is 2.12 bits per heavy atom. The molecule has 0 saturated heterocycles. The first-order chi connectivity index (χ1) is 8.04. The maximum Gasteiger partial charge on any atom is 0.339 e. The van der Waals surface area contributed by atoms with E-state index in [4.69, 9.17) is 4.74 Å². The minimum atomic E-state index is -0.245. The minimum absolute atomic E-state index is 0.245. The molecule has 0 aromatic carbocycles. The van der Waals surface area contributed by atoms with Crippen LogP contribution in [0.4, 0.5) is 0 Å². The molecule has 2 aromatic heterocycles. The van der Waals surface area contributed by atoms with Gasteiger partial charge in [0, 0.05) is 16.0 Å². The van der Waals surface area contributed by atoms with Crippen molar-refractivity contribution in [3.8, 4) is 0 Å². The van der Waals surface area contributed by atoms with Gasteiger partial charge in [-0.3, -0.25) is 0 Å². The second kappa shape index (κ2) is 4.45. The van der Waals surface area contributed by atoms with Crippen LogP contribution in [0.2, 0.25) is 0 Å². The Balaban J connectivity index is 2.71. The molecule has 0 saturated carbocycles. The summed E-state index contributed by atoms with van der Waals surface area (Å²) < 4.78 is 5.10. The first-order valence-electron chi connectivity index (χ1n) is 5.59. The highest BCUT2D eigenvalue weighted by molar-refractivity contribution is 7.19. The fourth-order valence-corrected chi connectivity index (χ4v) is 3.13. The van der Waals surface area contributed by atoms with Crippen LogP contribution in [0.1, 0.15) is 33.4 Å². The van der Waals surface area contributed by atoms with Crippen LogP contribution in [0.5, 0.6) is 0 Å². The summed E-state index contributed by atoms with van der Waals surface area (Å²) in [7, 11) is 0. The summed E-state index contributed by atoms with van der Waals surface area (Å²) in [5.74, 6) is -0.245. The molecule has 0 spiro atoms. The van der Waals surface area contributed by atoms with Gasteiger partial charge in [0.1, 0.15) is 4.83 Å². The number of carbonyl (C=O) groups excluding carboxylic acids is 1. The lowest BCUT2D eigenvalue weighted by atomic mass is 10.1.